The standard InChI is InChI=1S/C12H20INO2/c1-7(2)5-10-11(16-12(15)14-10)8(3)6-9(4)13/h6-8,10-11H,5H2,1-4H3,(H,14,15)/b9-6+/t8-,10+,11-/m1/s1. The van der Waals surface area contributed by atoms with Crippen molar-refractivity contribution in [2.45, 2.75) is 46.3 Å². The number of ether oxygens (including phenoxy) is 1. The topological polar surface area (TPSA) is 38.3 Å². The fourth-order valence-electron chi connectivity index (χ4n) is 2.11. The lowest BCUT2D eigenvalue weighted by molar-refractivity contribution is 0.106. The molecule has 0 unspecified atom stereocenters. The molecule has 1 saturated heterocycles. The van der Waals surface area contributed by atoms with E-state index >= 15 is 0 Å². The molecule has 1 amide bonds. The Kier molecular flexibility index (Phi) is 5.08. The Morgan fingerprint density at radius 2 is 2.19 bits per heavy atom. The van der Waals surface area contributed by atoms with Crippen LogP contribution in [-0.2, 0) is 4.74 Å². The van der Waals surface area contributed by atoms with E-state index in [4.69, 9.17) is 4.74 Å². The molecule has 1 heterocycles. The zero-order valence-electron chi connectivity index (χ0n) is 10.3. The third-order valence-electron chi connectivity index (χ3n) is 2.68. The van der Waals surface area contributed by atoms with Crippen molar-refractivity contribution in [3.63, 3.8) is 0 Å². The average Bonchev–Trinajstić information content (AvgIpc) is 2.44. The van der Waals surface area contributed by atoms with Crippen molar-refractivity contribution < 1.29 is 9.53 Å². The summed E-state index contributed by atoms with van der Waals surface area (Å²) in [5, 5.41) is 2.90. The molecule has 1 fully saturated rings. The zero-order valence-corrected chi connectivity index (χ0v) is 12.4. The van der Waals surface area contributed by atoms with Gasteiger partial charge in [-0.3, -0.25) is 0 Å². The molecule has 0 aromatic heterocycles. The summed E-state index contributed by atoms with van der Waals surface area (Å²) in [5.41, 5.74) is 0. The predicted octanol–water partition coefficient (Wildman–Crippen LogP) is 3.48. The van der Waals surface area contributed by atoms with Crippen molar-refractivity contribution in [2.75, 3.05) is 0 Å². The number of allylic oxidation sites excluding steroid dienone is 1. The molecule has 0 spiro atoms. The van der Waals surface area contributed by atoms with Gasteiger partial charge in [-0.15, -0.1) is 0 Å². The SMILES string of the molecule is C/C(I)=C\[C@@H](C)[C@H]1OC(=O)N[C@H]1CC(C)C. The van der Waals surface area contributed by atoms with E-state index in [1.54, 1.807) is 0 Å². The molecule has 0 saturated carbocycles. The van der Waals surface area contributed by atoms with Crippen LogP contribution in [0.5, 0.6) is 0 Å². The first-order chi connectivity index (χ1) is 7.40. The highest BCUT2D eigenvalue weighted by Crippen LogP contribution is 2.25. The second kappa shape index (κ2) is 5.89. The molecular formula is C12H20INO2. The van der Waals surface area contributed by atoms with Crippen molar-refractivity contribution in [3.05, 3.63) is 9.66 Å². The van der Waals surface area contributed by atoms with Gasteiger partial charge in [-0.1, -0.05) is 26.8 Å². The van der Waals surface area contributed by atoms with Crippen LogP contribution in [0, 0.1) is 11.8 Å². The van der Waals surface area contributed by atoms with Crippen molar-refractivity contribution >= 4 is 28.7 Å². The molecule has 92 valence electrons. The molecule has 3 atom stereocenters. The molecule has 1 aliphatic rings. The summed E-state index contributed by atoms with van der Waals surface area (Å²) in [6.07, 6.45) is 2.81. The van der Waals surface area contributed by atoms with E-state index in [0.717, 1.165) is 6.42 Å². The van der Waals surface area contributed by atoms with Crippen LogP contribution in [0.4, 0.5) is 4.79 Å². The number of carbonyl (C=O) groups excluding carboxylic acids is 1. The minimum Gasteiger partial charge on any atom is -0.443 e. The van der Waals surface area contributed by atoms with Crippen LogP contribution in [-0.4, -0.2) is 18.2 Å². The average molecular weight is 337 g/mol. The van der Waals surface area contributed by atoms with Crippen molar-refractivity contribution in [1.29, 1.82) is 0 Å². The minimum atomic E-state index is -0.276. The molecule has 3 nitrogen and oxygen atoms in total. The van der Waals surface area contributed by atoms with E-state index in [9.17, 15) is 4.79 Å². The van der Waals surface area contributed by atoms with Crippen LogP contribution in [0.1, 0.15) is 34.1 Å². The number of halogens is 1. The van der Waals surface area contributed by atoms with Gasteiger partial charge in [0.25, 0.3) is 0 Å². The quantitative estimate of drug-likeness (QED) is 0.798. The second-order valence-corrected chi connectivity index (χ2v) is 6.56. The van der Waals surface area contributed by atoms with Crippen LogP contribution in [0.15, 0.2) is 9.66 Å². The first kappa shape index (κ1) is 13.8. The van der Waals surface area contributed by atoms with E-state index in [1.807, 2.05) is 0 Å². The van der Waals surface area contributed by atoms with E-state index in [-0.39, 0.29) is 24.2 Å². The van der Waals surface area contributed by atoms with Crippen molar-refractivity contribution in [2.24, 2.45) is 11.8 Å². The van der Waals surface area contributed by atoms with E-state index in [2.05, 4.69) is 61.7 Å². The molecule has 16 heavy (non-hydrogen) atoms. The summed E-state index contributed by atoms with van der Waals surface area (Å²) in [6, 6.07) is 0.148. The molecule has 1 N–H and O–H groups in total. The highest BCUT2D eigenvalue weighted by Gasteiger charge is 2.37. The molecule has 0 radical (unpaired) electrons. The molecular weight excluding hydrogens is 317 g/mol. The van der Waals surface area contributed by atoms with Crippen LogP contribution in [0.3, 0.4) is 0 Å². The fraction of sp³-hybridized carbons (Fsp3) is 0.750. The van der Waals surface area contributed by atoms with E-state index in [0.29, 0.717) is 5.92 Å². The lowest BCUT2D eigenvalue weighted by atomic mass is 9.92. The lowest BCUT2D eigenvalue weighted by Crippen LogP contribution is -2.36. The van der Waals surface area contributed by atoms with E-state index in [1.165, 1.54) is 3.58 Å². The van der Waals surface area contributed by atoms with Gasteiger partial charge in [-0.25, -0.2) is 4.79 Å². The summed E-state index contributed by atoms with van der Waals surface area (Å²) in [5.74, 6) is 0.825. The maximum absolute atomic E-state index is 11.3. The molecule has 0 aromatic carbocycles. The maximum atomic E-state index is 11.3. The summed E-state index contributed by atoms with van der Waals surface area (Å²) in [4.78, 5) is 11.3. The largest absolute Gasteiger partial charge is 0.443 e. The molecule has 0 aliphatic carbocycles. The Bertz CT molecular complexity index is 285. The monoisotopic (exact) mass is 337 g/mol. The number of hydrogen-bond acceptors (Lipinski definition) is 2. The Morgan fingerprint density at radius 3 is 2.69 bits per heavy atom. The summed E-state index contributed by atoms with van der Waals surface area (Å²) < 4.78 is 6.57. The Morgan fingerprint density at radius 1 is 1.56 bits per heavy atom. The smallest absolute Gasteiger partial charge is 0.407 e. The van der Waals surface area contributed by atoms with Gasteiger partial charge in [0.05, 0.1) is 6.04 Å². The van der Waals surface area contributed by atoms with Gasteiger partial charge in [0.1, 0.15) is 6.10 Å². The first-order valence-electron chi connectivity index (χ1n) is 5.71. The number of carbonyl (C=O) groups is 1. The highest BCUT2D eigenvalue weighted by atomic mass is 127. The zero-order chi connectivity index (χ0) is 12.3. The first-order valence-corrected chi connectivity index (χ1v) is 6.79. The molecule has 4 heteroatoms. The number of cyclic esters (lactones) is 1. The van der Waals surface area contributed by atoms with Crippen molar-refractivity contribution in [3.8, 4) is 0 Å². The van der Waals surface area contributed by atoms with Gasteiger partial charge >= 0.3 is 6.09 Å². The third kappa shape index (κ3) is 3.96. The molecule has 0 bridgehead atoms. The van der Waals surface area contributed by atoms with E-state index < -0.39 is 0 Å². The van der Waals surface area contributed by atoms with Crippen LogP contribution in [0.2, 0.25) is 0 Å². The molecule has 1 rings (SSSR count). The number of rotatable bonds is 4. The number of amides is 1. The van der Waals surface area contributed by atoms with Gasteiger partial charge < -0.3 is 10.1 Å². The summed E-state index contributed by atoms with van der Waals surface area (Å²) in [6.45, 7) is 8.47. The third-order valence-corrected chi connectivity index (χ3v) is 3.04. The maximum Gasteiger partial charge on any atom is 0.407 e. The van der Waals surface area contributed by atoms with Gasteiger partial charge in [-0.2, -0.15) is 0 Å². The number of hydrogen-bond donors (Lipinski definition) is 1. The summed E-state index contributed by atoms with van der Waals surface area (Å²) >= 11 is 2.28. The summed E-state index contributed by atoms with van der Waals surface area (Å²) in [7, 11) is 0. The Hall–Kier alpha value is -0.260. The Balaban J connectivity index is 2.69. The highest BCUT2D eigenvalue weighted by molar-refractivity contribution is 14.1. The number of alkyl carbamates (subject to hydrolysis) is 1. The van der Waals surface area contributed by atoms with Gasteiger partial charge in [0.2, 0.25) is 0 Å². The second-order valence-electron chi connectivity index (χ2n) is 4.86. The van der Waals surface area contributed by atoms with Crippen LogP contribution in [0.25, 0.3) is 0 Å². The fourth-order valence-corrected chi connectivity index (χ4v) is 2.67. The van der Waals surface area contributed by atoms with Gasteiger partial charge in [-0.05, 0) is 45.4 Å². The lowest BCUT2D eigenvalue weighted by Gasteiger charge is -2.22. The Labute approximate surface area is 111 Å². The van der Waals surface area contributed by atoms with Crippen molar-refractivity contribution in [1.82, 2.24) is 5.32 Å². The van der Waals surface area contributed by atoms with Crippen LogP contribution >= 0.6 is 22.6 Å². The number of nitrogens with one attached hydrogen (secondary N) is 1. The van der Waals surface area contributed by atoms with Gasteiger partial charge in [0, 0.05) is 5.92 Å². The molecule has 0 aromatic rings. The minimum absolute atomic E-state index is 0.0281. The van der Waals surface area contributed by atoms with Crippen LogP contribution < -0.4 is 5.32 Å². The predicted molar refractivity (Wildman–Crippen MR) is 73.6 cm³/mol. The van der Waals surface area contributed by atoms with Gasteiger partial charge in [0.15, 0.2) is 0 Å². The molecule has 1 aliphatic heterocycles. The normalized spacial score (nSPS) is 27.9.